The van der Waals surface area contributed by atoms with Crippen molar-refractivity contribution in [2.75, 3.05) is 37.7 Å². The normalized spacial score (nSPS) is 19.5. The molecule has 0 saturated carbocycles. The zero-order chi connectivity index (χ0) is 21.3. The number of ether oxygens (including phenoxy) is 1. The summed E-state index contributed by atoms with van der Waals surface area (Å²) in [7, 11) is 0. The van der Waals surface area contributed by atoms with E-state index in [1.165, 1.54) is 17.7 Å². The first-order valence-electron chi connectivity index (χ1n) is 9.91. The van der Waals surface area contributed by atoms with Crippen molar-refractivity contribution < 1.29 is 22.7 Å². The lowest BCUT2D eigenvalue weighted by atomic mass is 9.95. The molecule has 0 aromatic heterocycles. The maximum Gasteiger partial charge on any atom is 0.416 e. The van der Waals surface area contributed by atoms with Crippen LogP contribution in [0, 0.1) is 0 Å². The molecule has 0 aliphatic carbocycles. The van der Waals surface area contributed by atoms with Crippen LogP contribution in [0.25, 0.3) is 0 Å². The highest BCUT2D eigenvalue weighted by molar-refractivity contribution is 9.10. The molecule has 1 atom stereocenters. The number of anilines is 1. The van der Waals surface area contributed by atoms with Crippen molar-refractivity contribution in [3.63, 3.8) is 0 Å². The molecule has 1 saturated heterocycles. The zero-order valence-electron chi connectivity index (χ0n) is 16.3. The molecule has 2 aliphatic rings. The van der Waals surface area contributed by atoms with Gasteiger partial charge in [0.25, 0.3) is 0 Å². The van der Waals surface area contributed by atoms with E-state index in [1.807, 2.05) is 21.9 Å². The minimum Gasteiger partial charge on any atom is -0.373 e. The summed E-state index contributed by atoms with van der Waals surface area (Å²) in [5.41, 5.74) is 2.37. The van der Waals surface area contributed by atoms with Crippen molar-refractivity contribution in [2.45, 2.75) is 25.1 Å². The predicted octanol–water partition coefficient (Wildman–Crippen LogP) is 4.82. The first kappa shape index (κ1) is 21.2. The van der Waals surface area contributed by atoms with Crippen LogP contribution in [0.5, 0.6) is 0 Å². The van der Waals surface area contributed by atoms with Crippen LogP contribution in [0.1, 0.15) is 29.2 Å². The fourth-order valence-electron chi connectivity index (χ4n) is 4.04. The highest BCUT2D eigenvalue weighted by Crippen LogP contribution is 2.33. The molecule has 1 fully saturated rings. The summed E-state index contributed by atoms with van der Waals surface area (Å²) in [5, 5.41) is 0. The smallest absolute Gasteiger partial charge is 0.373 e. The Bertz CT molecular complexity index is 910. The predicted molar refractivity (Wildman–Crippen MR) is 111 cm³/mol. The molecule has 2 heterocycles. The average Bonchev–Trinajstić information content (AvgIpc) is 2.73. The number of alkyl halides is 3. The van der Waals surface area contributed by atoms with Crippen LogP contribution < -0.4 is 4.90 Å². The van der Waals surface area contributed by atoms with Crippen LogP contribution >= 0.6 is 15.9 Å². The van der Waals surface area contributed by atoms with Crippen LogP contribution in [-0.4, -0.2) is 43.6 Å². The van der Waals surface area contributed by atoms with E-state index in [9.17, 15) is 18.0 Å². The summed E-state index contributed by atoms with van der Waals surface area (Å²) in [6.45, 7) is 2.86. The molecule has 160 valence electrons. The Morgan fingerprint density at radius 2 is 1.77 bits per heavy atom. The summed E-state index contributed by atoms with van der Waals surface area (Å²) in [6.07, 6.45) is -3.43. The van der Waals surface area contributed by atoms with Gasteiger partial charge in [0, 0.05) is 36.3 Å². The number of carbonyl (C=O) groups excluding carboxylic acids is 1. The molecule has 30 heavy (non-hydrogen) atoms. The third-order valence-electron chi connectivity index (χ3n) is 5.69. The molecule has 0 N–H and O–H groups in total. The molecule has 0 spiro atoms. The number of fused-ring (bicyclic) bond motifs is 1. The third kappa shape index (κ3) is 4.64. The van der Waals surface area contributed by atoms with E-state index in [-0.39, 0.29) is 12.0 Å². The lowest BCUT2D eigenvalue weighted by molar-refractivity contribution is -0.137. The largest absolute Gasteiger partial charge is 0.416 e. The molecule has 4 rings (SSSR count). The minimum absolute atomic E-state index is 0.0443. The van der Waals surface area contributed by atoms with Crippen molar-refractivity contribution in [1.29, 1.82) is 0 Å². The van der Waals surface area contributed by atoms with Crippen LogP contribution in [0.3, 0.4) is 0 Å². The molecule has 2 aromatic carbocycles. The number of piperazine rings is 1. The van der Waals surface area contributed by atoms with Gasteiger partial charge in [0.15, 0.2) is 0 Å². The topological polar surface area (TPSA) is 32.8 Å². The van der Waals surface area contributed by atoms with E-state index in [2.05, 4.69) is 22.0 Å². The minimum atomic E-state index is -4.33. The summed E-state index contributed by atoms with van der Waals surface area (Å²) in [5.74, 6) is 0.0443. The first-order chi connectivity index (χ1) is 14.3. The number of carbonyl (C=O) groups is 1. The van der Waals surface area contributed by atoms with Gasteiger partial charge in [-0.15, -0.1) is 0 Å². The van der Waals surface area contributed by atoms with Gasteiger partial charge in [-0.1, -0.05) is 22.0 Å². The van der Waals surface area contributed by atoms with Gasteiger partial charge in [-0.3, -0.25) is 4.79 Å². The van der Waals surface area contributed by atoms with Crippen molar-refractivity contribution in [2.24, 2.45) is 0 Å². The molecule has 2 aromatic rings. The quantitative estimate of drug-likeness (QED) is 0.628. The molecular weight excluding hydrogens is 461 g/mol. The van der Waals surface area contributed by atoms with E-state index >= 15 is 0 Å². The fourth-order valence-corrected chi connectivity index (χ4v) is 4.45. The van der Waals surface area contributed by atoms with Gasteiger partial charge >= 0.3 is 6.18 Å². The maximum atomic E-state index is 12.8. The van der Waals surface area contributed by atoms with Gasteiger partial charge in [-0.25, -0.2) is 0 Å². The summed E-state index contributed by atoms with van der Waals surface area (Å²) in [4.78, 5) is 16.7. The van der Waals surface area contributed by atoms with Gasteiger partial charge in [0.05, 0.1) is 24.7 Å². The Morgan fingerprint density at radius 1 is 1.07 bits per heavy atom. The van der Waals surface area contributed by atoms with E-state index in [0.29, 0.717) is 39.2 Å². The molecule has 0 bridgehead atoms. The SMILES string of the molecule is O=C(CC1OCCc2cc(Br)ccc21)N1CCN(c2ccc(C(F)(F)F)cc2)CC1. The zero-order valence-corrected chi connectivity index (χ0v) is 17.9. The van der Waals surface area contributed by atoms with Gasteiger partial charge < -0.3 is 14.5 Å². The molecule has 8 heteroatoms. The summed E-state index contributed by atoms with van der Waals surface area (Å²) < 4.78 is 45.1. The van der Waals surface area contributed by atoms with E-state index in [4.69, 9.17) is 4.74 Å². The van der Waals surface area contributed by atoms with Crippen LogP contribution in [-0.2, 0) is 22.1 Å². The highest BCUT2D eigenvalue weighted by Gasteiger charge is 2.31. The number of benzene rings is 2. The van der Waals surface area contributed by atoms with Crippen LogP contribution in [0.15, 0.2) is 46.9 Å². The van der Waals surface area contributed by atoms with E-state index in [0.717, 1.165) is 34.3 Å². The standard InChI is InChI=1S/C22H22BrF3N2O2/c23-17-3-6-19-15(13-17)7-12-30-20(19)14-21(29)28-10-8-27(9-11-28)18-4-1-16(2-5-18)22(24,25)26/h1-6,13,20H,7-12,14H2. The molecule has 0 radical (unpaired) electrons. The van der Waals surface area contributed by atoms with Gasteiger partial charge in [0.1, 0.15) is 0 Å². The van der Waals surface area contributed by atoms with Crippen molar-refractivity contribution in [3.05, 3.63) is 63.6 Å². The van der Waals surface area contributed by atoms with E-state index in [1.54, 1.807) is 0 Å². The lowest BCUT2D eigenvalue weighted by Gasteiger charge is -2.37. The van der Waals surface area contributed by atoms with Crippen molar-refractivity contribution >= 4 is 27.5 Å². The Labute approximate surface area is 181 Å². The second kappa shape index (κ2) is 8.59. The highest BCUT2D eigenvalue weighted by atomic mass is 79.9. The number of halogens is 4. The van der Waals surface area contributed by atoms with E-state index < -0.39 is 11.7 Å². The summed E-state index contributed by atoms with van der Waals surface area (Å²) in [6, 6.07) is 11.2. The monoisotopic (exact) mass is 482 g/mol. The Balaban J connectivity index is 1.34. The second-order valence-corrected chi connectivity index (χ2v) is 8.48. The molecule has 1 unspecified atom stereocenters. The fraction of sp³-hybridized carbons (Fsp3) is 0.409. The number of nitrogens with zero attached hydrogens (tertiary/aromatic N) is 2. The first-order valence-corrected chi connectivity index (χ1v) is 10.7. The van der Waals surface area contributed by atoms with Crippen LogP contribution in [0.2, 0.25) is 0 Å². The molecule has 1 amide bonds. The van der Waals surface area contributed by atoms with Gasteiger partial charge in [0.2, 0.25) is 5.91 Å². The number of hydrogen-bond donors (Lipinski definition) is 0. The maximum absolute atomic E-state index is 12.8. The lowest BCUT2D eigenvalue weighted by Crippen LogP contribution is -2.49. The Hall–Kier alpha value is -2.06. The summed E-state index contributed by atoms with van der Waals surface area (Å²) >= 11 is 3.49. The molecule has 2 aliphatic heterocycles. The number of amides is 1. The van der Waals surface area contributed by atoms with Crippen molar-refractivity contribution in [1.82, 2.24) is 4.90 Å². The Morgan fingerprint density at radius 3 is 2.43 bits per heavy atom. The number of rotatable bonds is 3. The Kier molecular flexibility index (Phi) is 6.06. The third-order valence-corrected chi connectivity index (χ3v) is 6.19. The molecular formula is C22H22BrF3N2O2. The number of hydrogen-bond acceptors (Lipinski definition) is 3. The van der Waals surface area contributed by atoms with Gasteiger partial charge in [-0.05, 0) is 53.9 Å². The van der Waals surface area contributed by atoms with Gasteiger partial charge in [-0.2, -0.15) is 13.2 Å². The van der Waals surface area contributed by atoms with Crippen LogP contribution in [0.4, 0.5) is 18.9 Å². The molecule has 4 nitrogen and oxygen atoms in total. The average molecular weight is 483 g/mol. The second-order valence-electron chi connectivity index (χ2n) is 7.57. The van der Waals surface area contributed by atoms with Crippen molar-refractivity contribution in [3.8, 4) is 0 Å².